The number of rotatable bonds is 4. The highest BCUT2D eigenvalue weighted by Gasteiger charge is 2.32. The summed E-state index contributed by atoms with van der Waals surface area (Å²) in [6, 6.07) is 8.60. The van der Waals surface area contributed by atoms with Crippen LogP contribution in [0.5, 0.6) is 0 Å². The van der Waals surface area contributed by atoms with E-state index in [4.69, 9.17) is 9.47 Å². The molecule has 1 saturated heterocycles. The Bertz CT molecular complexity index is 837. The van der Waals surface area contributed by atoms with Crippen LogP contribution in [0.25, 0.3) is 0 Å². The third-order valence-electron chi connectivity index (χ3n) is 5.56. The summed E-state index contributed by atoms with van der Waals surface area (Å²) < 4.78 is 12.6. The predicted octanol–water partition coefficient (Wildman–Crippen LogP) is 1.74. The molecule has 0 bridgehead atoms. The van der Waals surface area contributed by atoms with E-state index in [1.807, 2.05) is 17.0 Å². The van der Waals surface area contributed by atoms with Gasteiger partial charge in [-0.3, -0.25) is 4.79 Å². The van der Waals surface area contributed by atoms with E-state index in [-0.39, 0.29) is 18.1 Å². The fraction of sp³-hybridized carbons (Fsp3) is 0.550. The first kappa shape index (κ1) is 18.9. The van der Waals surface area contributed by atoms with Gasteiger partial charge in [-0.2, -0.15) is 0 Å². The van der Waals surface area contributed by atoms with Gasteiger partial charge in [0.25, 0.3) is 5.91 Å². The molecule has 4 rings (SSSR count). The number of methoxy groups -OCH3 is 1. The summed E-state index contributed by atoms with van der Waals surface area (Å²) in [5.41, 5.74) is 2.71. The quantitative estimate of drug-likeness (QED) is 0.798. The zero-order valence-electron chi connectivity index (χ0n) is 16.6. The van der Waals surface area contributed by atoms with Gasteiger partial charge in [-0.15, -0.1) is 5.10 Å². The van der Waals surface area contributed by atoms with Crippen LogP contribution in [0.15, 0.2) is 30.5 Å². The Kier molecular flexibility index (Phi) is 5.32. The number of nitrogens with zero attached hydrogens (tertiary/aromatic N) is 5. The number of amides is 1. The van der Waals surface area contributed by atoms with Crippen molar-refractivity contribution in [3.8, 4) is 0 Å². The Hall–Kier alpha value is -2.45. The molecule has 0 saturated carbocycles. The Morgan fingerprint density at radius 3 is 2.86 bits per heavy atom. The second-order valence-corrected chi connectivity index (χ2v) is 7.61. The molecular formula is C20H27N5O3. The molecular weight excluding hydrogens is 358 g/mol. The first-order valence-electron chi connectivity index (χ1n) is 9.74. The van der Waals surface area contributed by atoms with E-state index in [0.717, 1.165) is 12.1 Å². The summed E-state index contributed by atoms with van der Waals surface area (Å²) in [5.74, 6) is -0.0976. The first-order chi connectivity index (χ1) is 13.6. The molecule has 28 heavy (non-hydrogen) atoms. The van der Waals surface area contributed by atoms with Gasteiger partial charge in [0.2, 0.25) is 0 Å². The average Bonchev–Trinajstić information content (AvgIpc) is 3.32. The minimum atomic E-state index is -0.0976. The van der Waals surface area contributed by atoms with Crippen LogP contribution in [0.4, 0.5) is 5.69 Å². The van der Waals surface area contributed by atoms with Gasteiger partial charge in [-0.25, -0.2) is 4.68 Å². The monoisotopic (exact) mass is 385 g/mol. The van der Waals surface area contributed by atoms with Crippen molar-refractivity contribution in [2.24, 2.45) is 0 Å². The first-order valence-corrected chi connectivity index (χ1v) is 9.74. The molecule has 2 atom stereocenters. The number of hydrogen-bond acceptors (Lipinski definition) is 6. The fourth-order valence-electron chi connectivity index (χ4n) is 3.96. The van der Waals surface area contributed by atoms with Gasteiger partial charge in [0.1, 0.15) is 12.1 Å². The van der Waals surface area contributed by atoms with Crippen LogP contribution in [0.2, 0.25) is 0 Å². The van der Waals surface area contributed by atoms with E-state index in [1.54, 1.807) is 18.0 Å². The van der Waals surface area contributed by atoms with E-state index in [9.17, 15) is 4.79 Å². The molecule has 0 unspecified atom stereocenters. The maximum Gasteiger partial charge on any atom is 0.276 e. The molecule has 0 radical (unpaired) electrons. The molecule has 0 N–H and O–H groups in total. The van der Waals surface area contributed by atoms with Gasteiger partial charge in [-0.1, -0.05) is 23.4 Å². The Balaban J connectivity index is 1.54. The van der Waals surface area contributed by atoms with Crippen LogP contribution in [-0.4, -0.2) is 71.4 Å². The SMILES string of the molecule is CO[C@@H]1COC[C@H]1n1cc(C(=O)N2CCN(C(C)C)c3ccccc3C2)nn1. The predicted molar refractivity (Wildman–Crippen MR) is 104 cm³/mol. The van der Waals surface area contributed by atoms with E-state index >= 15 is 0 Å². The van der Waals surface area contributed by atoms with Gasteiger partial charge >= 0.3 is 0 Å². The van der Waals surface area contributed by atoms with Crippen LogP contribution >= 0.6 is 0 Å². The normalized spacial score (nSPS) is 22.4. The molecule has 0 spiro atoms. The smallest absolute Gasteiger partial charge is 0.276 e. The van der Waals surface area contributed by atoms with Crippen molar-refractivity contribution < 1.29 is 14.3 Å². The third-order valence-corrected chi connectivity index (χ3v) is 5.56. The molecule has 1 aromatic heterocycles. The average molecular weight is 385 g/mol. The molecule has 8 heteroatoms. The Labute approximate surface area is 165 Å². The number of ether oxygens (including phenoxy) is 2. The maximum absolute atomic E-state index is 13.1. The highest BCUT2D eigenvalue weighted by Crippen LogP contribution is 2.27. The standard InChI is InChI=1S/C20H27N5O3/c1-14(2)24-9-8-23(10-15-6-4-5-7-17(15)24)20(26)16-11-25(22-21-16)18-12-28-13-19(18)27-3/h4-7,11,14,18-19H,8-10,12-13H2,1-3H3/t18-,19-/m1/s1. The lowest BCUT2D eigenvalue weighted by Gasteiger charge is -2.28. The fourth-order valence-corrected chi connectivity index (χ4v) is 3.96. The molecule has 2 aliphatic rings. The van der Waals surface area contributed by atoms with E-state index in [0.29, 0.717) is 38.0 Å². The summed E-state index contributed by atoms with van der Waals surface area (Å²) >= 11 is 0. The molecule has 1 aromatic carbocycles. The maximum atomic E-state index is 13.1. The van der Waals surface area contributed by atoms with Gasteiger partial charge in [-0.05, 0) is 25.5 Å². The van der Waals surface area contributed by atoms with Crippen LogP contribution in [0.3, 0.4) is 0 Å². The zero-order valence-corrected chi connectivity index (χ0v) is 16.6. The largest absolute Gasteiger partial charge is 0.377 e. The van der Waals surface area contributed by atoms with E-state index in [2.05, 4.69) is 41.2 Å². The molecule has 0 aliphatic carbocycles. The van der Waals surface area contributed by atoms with Crippen LogP contribution < -0.4 is 4.90 Å². The van der Waals surface area contributed by atoms with Crippen LogP contribution in [0.1, 0.15) is 35.9 Å². The van der Waals surface area contributed by atoms with Crippen molar-refractivity contribution in [3.05, 3.63) is 41.7 Å². The number of aromatic nitrogens is 3. The summed E-state index contributed by atoms with van der Waals surface area (Å²) in [7, 11) is 1.66. The zero-order chi connectivity index (χ0) is 19.7. The number of fused-ring (bicyclic) bond motifs is 1. The number of hydrogen-bond donors (Lipinski definition) is 0. The topological polar surface area (TPSA) is 72.7 Å². The number of carbonyl (C=O) groups is 1. The lowest BCUT2D eigenvalue weighted by Crippen LogP contribution is -2.38. The number of para-hydroxylation sites is 1. The van der Waals surface area contributed by atoms with E-state index < -0.39 is 0 Å². The van der Waals surface area contributed by atoms with Crippen molar-refractivity contribution in [3.63, 3.8) is 0 Å². The van der Waals surface area contributed by atoms with Crippen molar-refractivity contribution >= 4 is 11.6 Å². The lowest BCUT2D eigenvalue weighted by atomic mass is 10.1. The van der Waals surface area contributed by atoms with Crippen molar-refractivity contribution in [1.29, 1.82) is 0 Å². The summed E-state index contributed by atoms with van der Waals surface area (Å²) in [6.07, 6.45) is 1.64. The molecule has 3 heterocycles. The van der Waals surface area contributed by atoms with Gasteiger partial charge in [0.15, 0.2) is 5.69 Å². The number of carbonyl (C=O) groups excluding carboxylic acids is 1. The Morgan fingerprint density at radius 2 is 2.07 bits per heavy atom. The van der Waals surface area contributed by atoms with Gasteiger partial charge in [0.05, 0.1) is 19.4 Å². The van der Waals surface area contributed by atoms with Crippen LogP contribution in [0, 0.1) is 0 Å². The highest BCUT2D eigenvalue weighted by molar-refractivity contribution is 5.92. The Morgan fingerprint density at radius 1 is 1.25 bits per heavy atom. The minimum absolute atomic E-state index is 0.0552. The molecule has 150 valence electrons. The van der Waals surface area contributed by atoms with Crippen molar-refractivity contribution in [2.75, 3.05) is 38.3 Å². The molecule has 1 fully saturated rings. The lowest BCUT2D eigenvalue weighted by molar-refractivity contribution is 0.0661. The third kappa shape index (κ3) is 3.49. The van der Waals surface area contributed by atoms with E-state index in [1.165, 1.54) is 5.69 Å². The molecule has 2 aliphatic heterocycles. The van der Waals surface area contributed by atoms with Crippen LogP contribution in [-0.2, 0) is 16.0 Å². The van der Waals surface area contributed by atoms with Gasteiger partial charge in [0, 0.05) is 38.5 Å². The second kappa shape index (κ2) is 7.89. The molecule has 2 aromatic rings. The highest BCUT2D eigenvalue weighted by atomic mass is 16.5. The summed E-state index contributed by atoms with van der Waals surface area (Å²) in [5, 5.41) is 8.31. The molecule has 8 nitrogen and oxygen atoms in total. The summed E-state index contributed by atoms with van der Waals surface area (Å²) in [6.45, 7) is 7.39. The second-order valence-electron chi connectivity index (χ2n) is 7.61. The van der Waals surface area contributed by atoms with Gasteiger partial charge < -0.3 is 19.3 Å². The molecule has 1 amide bonds. The van der Waals surface area contributed by atoms with Crippen molar-refractivity contribution in [1.82, 2.24) is 19.9 Å². The number of benzene rings is 1. The van der Waals surface area contributed by atoms with Crippen molar-refractivity contribution in [2.45, 2.75) is 38.6 Å². The number of anilines is 1. The minimum Gasteiger partial charge on any atom is -0.377 e. The summed E-state index contributed by atoms with van der Waals surface area (Å²) in [4.78, 5) is 17.3.